The van der Waals surface area contributed by atoms with Gasteiger partial charge in [0.2, 0.25) is 47.1 Å². The van der Waals surface area contributed by atoms with Gasteiger partial charge in [-0.05, 0) is 191 Å². The fraction of sp³-hybridized carbons (Fsp3) is 0.264. The van der Waals surface area contributed by atoms with E-state index in [4.69, 9.17) is 138 Å². The zero-order chi connectivity index (χ0) is 99.0. The molecule has 7 N–H and O–H groups in total. The fourth-order valence-corrected chi connectivity index (χ4v) is 12.8. The van der Waals surface area contributed by atoms with Gasteiger partial charge in [0.15, 0.2) is 109 Å². The lowest BCUT2D eigenvalue weighted by Gasteiger charge is -2.19. The van der Waals surface area contributed by atoms with Gasteiger partial charge in [-0.1, -0.05) is 70.5 Å². The molecule has 0 spiro atoms. The molecule has 0 aromatic heterocycles. The Balaban J connectivity index is 0.000000242. The number of hydrogen-bond acceptors (Lipinski definition) is 33. The summed E-state index contributed by atoms with van der Waals surface area (Å²) >= 11 is 0. The van der Waals surface area contributed by atoms with E-state index in [9.17, 15) is 20.4 Å². The number of ether oxygens (including phenoxy) is 26. The summed E-state index contributed by atoms with van der Waals surface area (Å²) < 4.78 is 143. The zero-order valence-electron chi connectivity index (χ0n) is 79.0. The maximum Gasteiger partial charge on any atom is 0.239 e. The second kappa shape index (κ2) is 55.2. The van der Waals surface area contributed by atoms with Crippen LogP contribution in [0.25, 0.3) is 0 Å². The van der Waals surface area contributed by atoms with Crippen LogP contribution >= 0.6 is 0 Å². The second-order valence-corrected chi connectivity index (χ2v) is 28.8. The van der Waals surface area contributed by atoms with Gasteiger partial charge < -0.3 is 159 Å². The van der Waals surface area contributed by atoms with Gasteiger partial charge >= 0.3 is 0 Å². The monoisotopic (exact) mass is 1920 g/mol. The van der Waals surface area contributed by atoms with Gasteiger partial charge in [0.25, 0.3) is 0 Å². The first-order chi connectivity index (χ1) is 66.2. The first kappa shape index (κ1) is 109. The van der Waals surface area contributed by atoms with Crippen molar-refractivity contribution in [3.63, 3.8) is 0 Å². The number of para-hydroxylation sites is 5. The number of allylic oxidation sites excluding steroid dienone is 1. The van der Waals surface area contributed by atoms with Gasteiger partial charge in [-0.25, -0.2) is 0 Å². The average Bonchev–Trinajstić information content (AvgIpc) is 1.74. The quantitative estimate of drug-likeness (QED) is 0.0107. The normalized spacial score (nSPS) is 11.9. The van der Waals surface area contributed by atoms with Crippen molar-refractivity contribution < 1.29 is 159 Å². The Labute approximate surface area is 809 Å². The molecule has 0 bridgehead atoms. The minimum atomic E-state index is -0.648. The summed E-state index contributed by atoms with van der Waals surface area (Å²) in [5.41, 5.74) is 6.00. The van der Waals surface area contributed by atoms with Crippen molar-refractivity contribution in [3.8, 4) is 172 Å². The third-order valence-electron chi connectivity index (χ3n) is 19.7. The summed E-state index contributed by atoms with van der Waals surface area (Å²) in [7, 11) is 23.8. The lowest BCUT2D eigenvalue weighted by Crippen LogP contribution is -2.11. The van der Waals surface area contributed by atoms with Crippen LogP contribution in [-0.2, 0) is 46.2 Å². The molecule has 0 radical (unpaired) electrons. The molecule has 0 saturated carbocycles. The van der Waals surface area contributed by atoms with Gasteiger partial charge in [0.1, 0.15) is 92.2 Å². The fourth-order valence-electron chi connectivity index (χ4n) is 12.8. The third-order valence-corrected chi connectivity index (χ3v) is 19.7. The summed E-state index contributed by atoms with van der Waals surface area (Å²) in [4.78, 5) is 0. The smallest absolute Gasteiger partial charge is 0.239 e. The summed E-state index contributed by atoms with van der Waals surface area (Å²) in [5, 5.41) is 64.5. The van der Waals surface area contributed by atoms with Crippen LogP contribution in [0.1, 0.15) is 67.6 Å². The van der Waals surface area contributed by atoms with Gasteiger partial charge in [-0.3, -0.25) is 0 Å². The van der Waals surface area contributed by atoms with Crippen LogP contribution in [0, 0.1) is 0 Å². The zero-order valence-corrected chi connectivity index (χ0v) is 79.0. The SMILES string of the molecule is C.C.C=C/C(O)=C(/O)C(=C)O.CC1Oc2cccc(O)c2O1.COc1cc(COc2cccc(O)c2O)cc(OC)c1.COc1cc(COc2cccc(OCc3ccc(OC)c(OC)c3)c2O)cc(OC)c1.COc1cc(COc2cccc(OCc3ccc(OC)c(OC)c3)c2OCc2cc(OC)c(OC)c(OC)c2)cc(OC)c1.COc1cc(COc2cccc3c2OC(C)O3)cc(OC)c1. The molecule has 139 heavy (non-hydrogen) atoms. The Kier molecular flexibility index (Phi) is 43.4. The molecule has 2 heterocycles. The van der Waals surface area contributed by atoms with Crippen LogP contribution in [0.3, 0.4) is 0 Å². The highest BCUT2D eigenvalue weighted by Gasteiger charge is 2.27. The topological polar surface area (TPSA) is 382 Å². The molecule has 12 aromatic carbocycles. The molecular weight excluding hydrogens is 1800 g/mol. The van der Waals surface area contributed by atoms with Gasteiger partial charge in [0.05, 0.1) is 107 Å². The van der Waals surface area contributed by atoms with E-state index in [1.54, 1.807) is 186 Å². The van der Waals surface area contributed by atoms with E-state index in [0.29, 0.717) is 139 Å². The maximum atomic E-state index is 10.6. The van der Waals surface area contributed by atoms with Crippen LogP contribution in [-0.4, -0.2) is 155 Å². The number of phenols is 4. The number of hydrogen-bond donors (Lipinski definition) is 7. The number of fused-ring (bicyclic) bond motifs is 2. The highest BCUT2D eigenvalue weighted by molar-refractivity contribution is 5.58. The average molecular weight is 1920 g/mol. The van der Waals surface area contributed by atoms with Crippen molar-refractivity contribution in [2.24, 2.45) is 0 Å². The molecule has 0 aliphatic carbocycles. The van der Waals surface area contributed by atoms with Crippen LogP contribution in [0.2, 0.25) is 0 Å². The van der Waals surface area contributed by atoms with Crippen molar-refractivity contribution in [1.82, 2.24) is 0 Å². The second-order valence-electron chi connectivity index (χ2n) is 28.8. The molecule has 2 aliphatic heterocycles. The summed E-state index contributed by atoms with van der Waals surface area (Å²) in [6, 6.07) is 62.6. The molecule has 0 fully saturated rings. The Morgan fingerprint density at radius 1 is 0.273 bits per heavy atom. The predicted molar refractivity (Wildman–Crippen MR) is 522 cm³/mol. The number of aliphatic hydroxyl groups is 3. The van der Waals surface area contributed by atoms with Crippen LogP contribution in [0.15, 0.2) is 249 Å². The van der Waals surface area contributed by atoms with E-state index in [2.05, 4.69) is 13.2 Å². The van der Waals surface area contributed by atoms with E-state index in [1.165, 1.54) is 6.07 Å². The minimum absolute atomic E-state index is 0. The summed E-state index contributed by atoms with van der Waals surface area (Å²) in [5.74, 6) is 12.6. The number of aromatic hydroxyl groups is 4. The molecule has 12 aromatic rings. The molecule has 2 aliphatic rings. The highest BCUT2D eigenvalue weighted by atomic mass is 16.7. The third kappa shape index (κ3) is 31.4. The van der Waals surface area contributed by atoms with Crippen molar-refractivity contribution >= 4 is 0 Å². The Bertz CT molecular complexity index is 5860. The molecule has 744 valence electrons. The maximum absolute atomic E-state index is 10.6. The van der Waals surface area contributed by atoms with Crippen LogP contribution in [0.4, 0.5) is 0 Å². The Morgan fingerprint density at radius 2 is 0.561 bits per heavy atom. The van der Waals surface area contributed by atoms with Gasteiger partial charge in [-0.2, -0.15) is 0 Å². The van der Waals surface area contributed by atoms with E-state index >= 15 is 0 Å². The van der Waals surface area contributed by atoms with Gasteiger partial charge in [-0.15, -0.1) is 0 Å². The van der Waals surface area contributed by atoms with Gasteiger partial charge in [0, 0.05) is 38.1 Å². The molecule has 2 unspecified atom stereocenters. The first-order valence-corrected chi connectivity index (χ1v) is 41.9. The number of phenolic OH excluding ortho intramolecular Hbond substituents is 4. The summed E-state index contributed by atoms with van der Waals surface area (Å²) in [6.45, 7) is 11.4. The molecule has 0 saturated heterocycles. The van der Waals surface area contributed by atoms with Crippen molar-refractivity contribution in [2.45, 2.75) is 87.5 Å². The van der Waals surface area contributed by atoms with E-state index in [0.717, 1.165) is 56.5 Å². The lowest BCUT2D eigenvalue weighted by molar-refractivity contribution is 0.0656. The number of benzene rings is 12. The van der Waals surface area contributed by atoms with E-state index < -0.39 is 17.3 Å². The van der Waals surface area contributed by atoms with Crippen molar-refractivity contribution in [3.05, 3.63) is 288 Å². The van der Waals surface area contributed by atoms with E-state index in [-0.39, 0.29) is 95.8 Å². The van der Waals surface area contributed by atoms with E-state index in [1.807, 2.05) is 140 Å². The molecular formula is C106H122O33. The molecule has 14 rings (SSSR count). The molecule has 2 atom stereocenters. The standard InChI is InChI=1S/C34H38O10.C24H26O7.C17H18O5.C15H16O5.C8H8O3.C6H8O3.2CH4/c1-35-25-13-23(14-26(18-25)36-2)20-43-29-10-8-9-28(42-19-22-11-12-27(37-3)30(15-22)38-4)34(29)44-21-24-16-31(39-5)33(41-7)32(17-24)40-6;1-26-18-10-17(11-19(13-18)27-2)15-31-22-7-5-6-21(24(22)25)30-14-16-8-9-20(28-3)23(12-16)29-4;1-11-21-16-6-4-5-15(17(16)22-11)20-10-12-7-13(18-2)9-14(8-12)19-3;1-18-11-6-10(7-12(8-11)19-2)9-20-14-5-3-4-13(16)15(14)17;1-5-10-7-4-2-3-6(9)8(7)11-5;1-3-5(8)6(9)4(2)7;;/h8-18H,19-21H2,1-7H3;5-13,25H,14-15H2,1-4H3;4-9,11H,10H2,1-3H3;3-8,16-17H,9H2,1-2H3;2-5,9H,1H3;3,7-9H,1-2H2;2*1H4/b;;;;;6-5-;;. The van der Waals surface area contributed by atoms with Crippen LogP contribution in [0.5, 0.6) is 172 Å². The lowest BCUT2D eigenvalue weighted by atomic mass is 10.2. The molecule has 0 amide bonds. The molecule has 33 heteroatoms. The Hall–Kier alpha value is -16.7. The van der Waals surface area contributed by atoms with Crippen LogP contribution < -0.4 is 123 Å². The van der Waals surface area contributed by atoms with Crippen molar-refractivity contribution in [1.29, 1.82) is 0 Å². The summed E-state index contributed by atoms with van der Waals surface area (Å²) in [6.07, 6.45) is 0.409. The molecule has 33 nitrogen and oxygen atoms in total. The first-order valence-electron chi connectivity index (χ1n) is 41.9. The predicted octanol–water partition coefficient (Wildman–Crippen LogP) is 21.5. The number of aliphatic hydroxyl groups excluding tert-OH is 3. The Morgan fingerprint density at radius 3 is 0.906 bits per heavy atom. The van der Waals surface area contributed by atoms with Crippen molar-refractivity contribution in [2.75, 3.05) is 107 Å². The largest absolute Gasteiger partial charge is 0.505 e. The highest BCUT2D eigenvalue weighted by Crippen LogP contribution is 2.47. The number of methoxy groups -OCH3 is 15. The minimum Gasteiger partial charge on any atom is -0.505 e. The number of rotatable bonds is 38.